The number of aromatic amines is 1. The first-order valence-electron chi connectivity index (χ1n) is 9.73. The third-order valence-corrected chi connectivity index (χ3v) is 5.21. The lowest BCUT2D eigenvalue weighted by molar-refractivity contribution is 0.103. The Morgan fingerprint density at radius 2 is 1.27 bits per heavy atom. The van der Waals surface area contributed by atoms with Crippen LogP contribution < -0.4 is 9.47 Å². The Bertz CT molecular complexity index is 1160. The van der Waals surface area contributed by atoms with Gasteiger partial charge in [0.15, 0.2) is 5.78 Å². The number of carbonyl (C=O) groups is 1. The normalized spacial score (nSPS) is 10.6. The topological polar surface area (TPSA) is 51.3 Å². The molecule has 1 aromatic heterocycles. The molecule has 0 amide bonds. The molecule has 0 bridgehead atoms. The summed E-state index contributed by atoms with van der Waals surface area (Å²) in [4.78, 5) is 16.9. The monoisotopic (exact) mass is 397 g/mol. The molecule has 30 heavy (non-hydrogen) atoms. The van der Waals surface area contributed by atoms with E-state index in [0.717, 1.165) is 39.6 Å². The van der Waals surface area contributed by atoms with E-state index in [0.29, 0.717) is 11.1 Å². The first-order valence-corrected chi connectivity index (χ1v) is 9.73. The van der Waals surface area contributed by atoms with Gasteiger partial charge in [-0.05, 0) is 54.4 Å². The van der Waals surface area contributed by atoms with Crippen molar-refractivity contribution in [2.75, 3.05) is 14.2 Å². The molecular formula is C26H23NO3. The van der Waals surface area contributed by atoms with Crippen molar-refractivity contribution in [1.82, 2.24) is 4.98 Å². The number of aryl methyl sites for hydroxylation is 1. The summed E-state index contributed by atoms with van der Waals surface area (Å²) in [7, 11) is 3.29. The summed E-state index contributed by atoms with van der Waals surface area (Å²) in [6, 6.07) is 25.0. The van der Waals surface area contributed by atoms with Crippen LogP contribution in [-0.4, -0.2) is 25.0 Å². The van der Waals surface area contributed by atoms with Gasteiger partial charge in [0.1, 0.15) is 11.5 Å². The van der Waals surface area contributed by atoms with Gasteiger partial charge in [0.25, 0.3) is 0 Å². The zero-order chi connectivity index (χ0) is 21.1. The largest absolute Gasteiger partial charge is 0.497 e. The highest BCUT2D eigenvalue weighted by Gasteiger charge is 2.24. The van der Waals surface area contributed by atoms with Gasteiger partial charge in [0.05, 0.1) is 25.5 Å². The van der Waals surface area contributed by atoms with Crippen molar-refractivity contribution >= 4 is 5.78 Å². The standard InChI is InChI=1S/C26H23NO3/c1-17-23(26(28)20-7-5-4-6-8-20)24(18-9-13-21(29-2)14-10-18)25(27-17)19-11-15-22(30-3)16-12-19/h4-16,27H,1-3H3. The van der Waals surface area contributed by atoms with Gasteiger partial charge in [0, 0.05) is 16.8 Å². The Morgan fingerprint density at radius 3 is 1.80 bits per heavy atom. The zero-order valence-electron chi connectivity index (χ0n) is 17.2. The van der Waals surface area contributed by atoms with Crippen molar-refractivity contribution in [3.63, 3.8) is 0 Å². The zero-order valence-corrected chi connectivity index (χ0v) is 17.2. The van der Waals surface area contributed by atoms with E-state index < -0.39 is 0 Å². The van der Waals surface area contributed by atoms with E-state index >= 15 is 0 Å². The molecule has 4 aromatic rings. The molecule has 0 aliphatic heterocycles. The molecule has 0 saturated carbocycles. The summed E-state index contributed by atoms with van der Waals surface area (Å²) in [5.41, 5.74) is 5.89. The van der Waals surface area contributed by atoms with E-state index in [1.54, 1.807) is 14.2 Å². The number of carbonyl (C=O) groups excluding carboxylic acids is 1. The van der Waals surface area contributed by atoms with Gasteiger partial charge in [-0.1, -0.05) is 42.5 Å². The molecule has 0 aliphatic rings. The number of benzene rings is 3. The summed E-state index contributed by atoms with van der Waals surface area (Å²) in [6.07, 6.45) is 0. The molecule has 0 saturated heterocycles. The summed E-state index contributed by atoms with van der Waals surface area (Å²) >= 11 is 0. The molecule has 4 nitrogen and oxygen atoms in total. The summed E-state index contributed by atoms with van der Waals surface area (Å²) in [6.45, 7) is 1.94. The van der Waals surface area contributed by atoms with Crippen LogP contribution >= 0.6 is 0 Å². The van der Waals surface area contributed by atoms with Crippen molar-refractivity contribution < 1.29 is 14.3 Å². The maximum absolute atomic E-state index is 13.5. The van der Waals surface area contributed by atoms with Crippen molar-refractivity contribution in [1.29, 1.82) is 0 Å². The van der Waals surface area contributed by atoms with Gasteiger partial charge >= 0.3 is 0 Å². The molecule has 3 aromatic carbocycles. The van der Waals surface area contributed by atoms with Gasteiger partial charge < -0.3 is 14.5 Å². The maximum Gasteiger partial charge on any atom is 0.195 e. The van der Waals surface area contributed by atoms with Crippen LogP contribution in [0.5, 0.6) is 11.5 Å². The lowest BCUT2D eigenvalue weighted by atomic mass is 9.92. The average Bonchev–Trinajstić information content (AvgIpc) is 3.16. The second-order valence-electron chi connectivity index (χ2n) is 7.03. The fourth-order valence-corrected chi connectivity index (χ4v) is 3.66. The number of ether oxygens (including phenoxy) is 2. The average molecular weight is 397 g/mol. The van der Waals surface area contributed by atoms with Crippen molar-refractivity contribution in [3.05, 3.63) is 95.7 Å². The van der Waals surface area contributed by atoms with E-state index in [9.17, 15) is 4.79 Å². The van der Waals surface area contributed by atoms with Crippen LogP contribution in [0.3, 0.4) is 0 Å². The lowest BCUT2D eigenvalue weighted by Gasteiger charge is -2.10. The number of hydrogen-bond acceptors (Lipinski definition) is 3. The number of ketones is 1. The highest BCUT2D eigenvalue weighted by atomic mass is 16.5. The number of methoxy groups -OCH3 is 2. The van der Waals surface area contributed by atoms with Crippen LogP contribution in [0.15, 0.2) is 78.9 Å². The summed E-state index contributed by atoms with van der Waals surface area (Å²) in [5.74, 6) is 1.55. The van der Waals surface area contributed by atoms with Gasteiger partial charge in [-0.2, -0.15) is 0 Å². The third kappa shape index (κ3) is 3.60. The molecule has 0 fully saturated rings. The molecule has 150 valence electrons. The van der Waals surface area contributed by atoms with Crippen LogP contribution in [0.2, 0.25) is 0 Å². The van der Waals surface area contributed by atoms with Crippen LogP contribution in [0.4, 0.5) is 0 Å². The molecule has 0 atom stereocenters. The van der Waals surface area contributed by atoms with Crippen LogP contribution in [0.1, 0.15) is 21.6 Å². The highest BCUT2D eigenvalue weighted by Crippen LogP contribution is 2.38. The minimum atomic E-state index is -0.00469. The maximum atomic E-state index is 13.5. The van der Waals surface area contributed by atoms with Gasteiger partial charge in [-0.25, -0.2) is 0 Å². The van der Waals surface area contributed by atoms with Crippen molar-refractivity contribution in [2.45, 2.75) is 6.92 Å². The van der Waals surface area contributed by atoms with Gasteiger partial charge in [0.2, 0.25) is 0 Å². The van der Waals surface area contributed by atoms with Crippen LogP contribution in [-0.2, 0) is 0 Å². The molecule has 1 heterocycles. The number of aromatic nitrogens is 1. The first kappa shape index (κ1) is 19.5. The second kappa shape index (κ2) is 8.29. The summed E-state index contributed by atoms with van der Waals surface area (Å²) < 4.78 is 10.6. The fourth-order valence-electron chi connectivity index (χ4n) is 3.66. The Labute approximate surface area is 176 Å². The molecule has 1 N–H and O–H groups in total. The quantitative estimate of drug-likeness (QED) is 0.412. The molecule has 0 aliphatic carbocycles. The Hall–Kier alpha value is -3.79. The van der Waals surface area contributed by atoms with E-state index in [-0.39, 0.29) is 5.78 Å². The van der Waals surface area contributed by atoms with E-state index in [2.05, 4.69) is 4.98 Å². The third-order valence-electron chi connectivity index (χ3n) is 5.21. The molecular weight excluding hydrogens is 374 g/mol. The number of H-pyrrole nitrogens is 1. The Morgan fingerprint density at radius 1 is 0.733 bits per heavy atom. The minimum absolute atomic E-state index is 0.00469. The van der Waals surface area contributed by atoms with Crippen LogP contribution in [0, 0.1) is 6.92 Å². The van der Waals surface area contributed by atoms with Gasteiger partial charge in [-0.3, -0.25) is 4.79 Å². The lowest BCUT2D eigenvalue weighted by Crippen LogP contribution is -2.03. The van der Waals surface area contributed by atoms with E-state index in [4.69, 9.17) is 9.47 Å². The molecule has 4 heteroatoms. The smallest absolute Gasteiger partial charge is 0.195 e. The number of nitrogens with one attached hydrogen (secondary N) is 1. The predicted octanol–water partition coefficient (Wildman–Crippen LogP) is 5.91. The number of hydrogen-bond donors (Lipinski definition) is 1. The minimum Gasteiger partial charge on any atom is -0.497 e. The Balaban J connectivity index is 1.93. The highest BCUT2D eigenvalue weighted by molar-refractivity contribution is 6.15. The van der Waals surface area contributed by atoms with Gasteiger partial charge in [-0.15, -0.1) is 0 Å². The molecule has 4 rings (SSSR count). The summed E-state index contributed by atoms with van der Waals surface area (Å²) in [5, 5.41) is 0. The molecule has 0 radical (unpaired) electrons. The molecule has 0 unspecified atom stereocenters. The fraction of sp³-hybridized carbons (Fsp3) is 0.115. The Kier molecular flexibility index (Phi) is 5.40. The van der Waals surface area contributed by atoms with Crippen molar-refractivity contribution in [2.24, 2.45) is 0 Å². The second-order valence-corrected chi connectivity index (χ2v) is 7.03. The van der Waals surface area contributed by atoms with E-state index in [1.807, 2.05) is 85.8 Å². The SMILES string of the molecule is COc1ccc(-c2[nH]c(C)c(C(=O)c3ccccc3)c2-c2ccc(OC)cc2)cc1. The molecule has 0 spiro atoms. The van der Waals surface area contributed by atoms with E-state index in [1.165, 1.54) is 0 Å². The predicted molar refractivity (Wildman–Crippen MR) is 119 cm³/mol. The number of rotatable bonds is 6. The van der Waals surface area contributed by atoms with Crippen LogP contribution in [0.25, 0.3) is 22.4 Å². The first-order chi connectivity index (χ1) is 14.6. The van der Waals surface area contributed by atoms with Crippen molar-refractivity contribution in [3.8, 4) is 33.9 Å².